The molecular formula is C13H19N3O2. The zero-order valence-electron chi connectivity index (χ0n) is 10.5. The second kappa shape index (κ2) is 7.06. The van der Waals surface area contributed by atoms with E-state index in [9.17, 15) is 4.79 Å². The minimum Gasteiger partial charge on any atom is -0.381 e. The highest BCUT2D eigenvalue weighted by Crippen LogP contribution is 2.19. The van der Waals surface area contributed by atoms with Crippen LogP contribution in [0.25, 0.3) is 0 Å². The van der Waals surface area contributed by atoms with Crippen LogP contribution in [0.15, 0.2) is 18.6 Å². The Bertz CT molecular complexity index is 364. The van der Waals surface area contributed by atoms with E-state index in [0.717, 1.165) is 44.8 Å². The molecule has 0 unspecified atom stereocenters. The Balaban J connectivity index is 1.62. The van der Waals surface area contributed by atoms with Crippen LogP contribution in [0.5, 0.6) is 0 Å². The Morgan fingerprint density at radius 1 is 1.39 bits per heavy atom. The van der Waals surface area contributed by atoms with E-state index in [2.05, 4.69) is 15.3 Å². The number of carbonyl (C=O) groups is 1. The van der Waals surface area contributed by atoms with E-state index in [-0.39, 0.29) is 5.91 Å². The summed E-state index contributed by atoms with van der Waals surface area (Å²) in [6.07, 6.45) is 9.03. The van der Waals surface area contributed by atoms with Crippen molar-refractivity contribution in [1.82, 2.24) is 15.3 Å². The van der Waals surface area contributed by atoms with E-state index in [1.807, 2.05) is 0 Å². The van der Waals surface area contributed by atoms with Gasteiger partial charge in [-0.3, -0.25) is 9.78 Å². The van der Waals surface area contributed by atoms with Crippen molar-refractivity contribution >= 4 is 5.91 Å². The van der Waals surface area contributed by atoms with E-state index >= 15 is 0 Å². The molecule has 5 nitrogen and oxygen atoms in total. The Hall–Kier alpha value is -1.49. The van der Waals surface area contributed by atoms with Gasteiger partial charge in [0.05, 0.1) is 6.20 Å². The summed E-state index contributed by atoms with van der Waals surface area (Å²) in [5.74, 6) is 0.613. The second-order valence-electron chi connectivity index (χ2n) is 4.54. The van der Waals surface area contributed by atoms with Gasteiger partial charge in [-0.15, -0.1) is 0 Å². The number of carbonyl (C=O) groups excluding carboxylic acids is 1. The Labute approximate surface area is 107 Å². The lowest BCUT2D eigenvalue weighted by Gasteiger charge is -2.21. The standard InChI is InChI=1S/C13H19N3O2/c17-13(12-10-14-6-7-15-12)16-5-1-2-11-3-8-18-9-4-11/h6-7,10-11H,1-5,8-9H2,(H,16,17). The predicted octanol–water partition coefficient (Wildman–Crippen LogP) is 1.41. The molecule has 0 aromatic carbocycles. The lowest BCUT2D eigenvalue weighted by atomic mass is 9.95. The maximum atomic E-state index is 11.7. The van der Waals surface area contributed by atoms with Crippen LogP contribution in [0, 0.1) is 5.92 Å². The van der Waals surface area contributed by atoms with Gasteiger partial charge in [-0.25, -0.2) is 4.98 Å². The van der Waals surface area contributed by atoms with Crippen LogP contribution in [0.3, 0.4) is 0 Å². The highest BCUT2D eigenvalue weighted by atomic mass is 16.5. The Morgan fingerprint density at radius 2 is 2.22 bits per heavy atom. The summed E-state index contributed by atoms with van der Waals surface area (Å²) in [7, 11) is 0. The average molecular weight is 249 g/mol. The summed E-state index contributed by atoms with van der Waals surface area (Å²) in [4.78, 5) is 19.5. The van der Waals surface area contributed by atoms with Crippen LogP contribution in [0.1, 0.15) is 36.2 Å². The molecule has 1 aromatic heterocycles. The third-order valence-electron chi connectivity index (χ3n) is 3.21. The molecule has 1 amide bonds. The third-order valence-corrected chi connectivity index (χ3v) is 3.21. The molecule has 2 heterocycles. The SMILES string of the molecule is O=C(NCCCC1CCOCC1)c1cnccn1. The normalized spacial score (nSPS) is 16.4. The fraction of sp³-hybridized carbons (Fsp3) is 0.615. The molecule has 0 aliphatic carbocycles. The molecule has 1 aliphatic heterocycles. The molecule has 0 radical (unpaired) electrons. The van der Waals surface area contributed by atoms with E-state index in [4.69, 9.17) is 4.74 Å². The quantitative estimate of drug-likeness (QED) is 0.801. The van der Waals surface area contributed by atoms with E-state index in [0.29, 0.717) is 12.2 Å². The van der Waals surface area contributed by atoms with Gasteiger partial charge in [-0.2, -0.15) is 0 Å². The minimum absolute atomic E-state index is 0.143. The van der Waals surface area contributed by atoms with Gasteiger partial charge in [0.2, 0.25) is 0 Å². The molecule has 5 heteroatoms. The van der Waals surface area contributed by atoms with Crippen LogP contribution in [0.2, 0.25) is 0 Å². The number of rotatable bonds is 5. The summed E-state index contributed by atoms with van der Waals surface area (Å²) >= 11 is 0. The van der Waals surface area contributed by atoms with Crippen LogP contribution in [0.4, 0.5) is 0 Å². The molecule has 1 saturated heterocycles. The molecule has 18 heavy (non-hydrogen) atoms. The van der Waals surface area contributed by atoms with Crippen LogP contribution in [-0.2, 0) is 4.74 Å². The molecule has 0 atom stereocenters. The first-order valence-corrected chi connectivity index (χ1v) is 6.48. The summed E-state index contributed by atoms with van der Waals surface area (Å²) in [5.41, 5.74) is 0.378. The molecule has 98 valence electrons. The van der Waals surface area contributed by atoms with Crippen LogP contribution in [-0.4, -0.2) is 35.6 Å². The molecule has 1 fully saturated rings. The van der Waals surface area contributed by atoms with Crippen molar-refractivity contribution in [3.63, 3.8) is 0 Å². The highest BCUT2D eigenvalue weighted by molar-refractivity contribution is 5.91. The van der Waals surface area contributed by atoms with Gasteiger partial charge in [0.25, 0.3) is 5.91 Å². The number of nitrogens with zero attached hydrogens (tertiary/aromatic N) is 2. The van der Waals surface area contributed by atoms with Gasteiger partial charge in [0, 0.05) is 32.2 Å². The molecule has 0 spiro atoms. The molecular weight excluding hydrogens is 230 g/mol. The van der Waals surface area contributed by atoms with Gasteiger partial charge >= 0.3 is 0 Å². The minimum atomic E-state index is -0.143. The Kier molecular flexibility index (Phi) is 5.08. The van der Waals surface area contributed by atoms with Crippen LogP contribution < -0.4 is 5.32 Å². The number of hydrogen-bond acceptors (Lipinski definition) is 4. The molecule has 1 N–H and O–H groups in total. The lowest BCUT2D eigenvalue weighted by molar-refractivity contribution is 0.0631. The lowest BCUT2D eigenvalue weighted by Crippen LogP contribution is -2.26. The van der Waals surface area contributed by atoms with Crippen molar-refractivity contribution in [3.8, 4) is 0 Å². The maximum absolute atomic E-state index is 11.7. The molecule has 0 saturated carbocycles. The first-order chi connectivity index (χ1) is 8.86. The van der Waals surface area contributed by atoms with E-state index < -0.39 is 0 Å². The number of hydrogen-bond donors (Lipinski definition) is 1. The van der Waals surface area contributed by atoms with Crippen molar-refractivity contribution in [1.29, 1.82) is 0 Å². The van der Waals surface area contributed by atoms with Gasteiger partial charge < -0.3 is 10.1 Å². The number of nitrogens with one attached hydrogen (secondary N) is 1. The number of aromatic nitrogens is 2. The van der Waals surface area contributed by atoms with Crippen LogP contribution >= 0.6 is 0 Å². The van der Waals surface area contributed by atoms with Gasteiger partial charge in [-0.05, 0) is 31.6 Å². The second-order valence-corrected chi connectivity index (χ2v) is 4.54. The summed E-state index contributed by atoms with van der Waals surface area (Å²) in [6, 6.07) is 0. The molecule has 0 bridgehead atoms. The van der Waals surface area contributed by atoms with Crippen molar-refractivity contribution in [3.05, 3.63) is 24.3 Å². The van der Waals surface area contributed by atoms with E-state index in [1.165, 1.54) is 12.4 Å². The topological polar surface area (TPSA) is 64.1 Å². The fourth-order valence-electron chi connectivity index (χ4n) is 2.13. The summed E-state index contributed by atoms with van der Waals surface area (Å²) < 4.78 is 5.32. The summed E-state index contributed by atoms with van der Waals surface area (Å²) in [6.45, 7) is 2.47. The zero-order valence-corrected chi connectivity index (χ0v) is 10.5. The monoisotopic (exact) mass is 249 g/mol. The van der Waals surface area contributed by atoms with Gasteiger partial charge in [-0.1, -0.05) is 0 Å². The molecule has 1 aromatic rings. The Morgan fingerprint density at radius 3 is 2.94 bits per heavy atom. The largest absolute Gasteiger partial charge is 0.381 e. The van der Waals surface area contributed by atoms with E-state index in [1.54, 1.807) is 6.20 Å². The number of amides is 1. The third kappa shape index (κ3) is 4.07. The molecule has 1 aliphatic rings. The smallest absolute Gasteiger partial charge is 0.271 e. The van der Waals surface area contributed by atoms with Crippen molar-refractivity contribution in [2.75, 3.05) is 19.8 Å². The summed E-state index contributed by atoms with van der Waals surface area (Å²) in [5, 5.41) is 2.87. The average Bonchev–Trinajstić information content (AvgIpc) is 2.45. The van der Waals surface area contributed by atoms with Gasteiger partial charge in [0.1, 0.15) is 5.69 Å². The van der Waals surface area contributed by atoms with Gasteiger partial charge in [0.15, 0.2) is 0 Å². The first kappa shape index (κ1) is 13.0. The predicted molar refractivity (Wildman–Crippen MR) is 67.1 cm³/mol. The van der Waals surface area contributed by atoms with Crippen molar-refractivity contribution in [2.24, 2.45) is 5.92 Å². The van der Waals surface area contributed by atoms with Crippen molar-refractivity contribution < 1.29 is 9.53 Å². The number of ether oxygens (including phenoxy) is 1. The highest BCUT2D eigenvalue weighted by Gasteiger charge is 2.13. The molecule has 2 rings (SSSR count). The van der Waals surface area contributed by atoms with Crippen molar-refractivity contribution in [2.45, 2.75) is 25.7 Å². The maximum Gasteiger partial charge on any atom is 0.271 e. The first-order valence-electron chi connectivity index (χ1n) is 6.48. The fourth-order valence-corrected chi connectivity index (χ4v) is 2.13. The zero-order chi connectivity index (χ0) is 12.6.